The smallest absolute Gasteiger partial charge is 0.273 e. The number of rotatable bonds is 6. The second kappa shape index (κ2) is 5.92. The summed E-state index contributed by atoms with van der Waals surface area (Å²) < 4.78 is 10.3. The molecule has 0 aliphatic carbocycles. The van der Waals surface area contributed by atoms with E-state index in [2.05, 4.69) is 10.5 Å². The molecule has 0 atom stereocenters. The fraction of sp³-hybridized carbons (Fsp3) is 0.429. The van der Waals surface area contributed by atoms with Gasteiger partial charge in [-0.15, -0.1) is 0 Å². The molecule has 0 saturated heterocycles. The van der Waals surface area contributed by atoms with Crippen LogP contribution in [0.2, 0.25) is 0 Å². The number of hydrogen-bond acceptors (Lipinski definition) is 5. The van der Waals surface area contributed by atoms with E-state index in [9.17, 15) is 4.79 Å². The summed E-state index contributed by atoms with van der Waals surface area (Å²) in [6, 6.07) is 5.04. The summed E-state index contributed by atoms with van der Waals surface area (Å²) in [6.45, 7) is 4.37. The lowest BCUT2D eigenvalue weighted by Crippen LogP contribution is -2.52. The zero-order valence-electron chi connectivity index (χ0n) is 11.7. The highest BCUT2D eigenvalue weighted by Crippen LogP contribution is 2.21. The van der Waals surface area contributed by atoms with Crippen LogP contribution in [-0.2, 0) is 0 Å². The van der Waals surface area contributed by atoms with Gasteiger partial charge < -0.3 is 20.0 Å². The maximum Gasteiger partial charge on any atom is 0.273 e. The molecule has 0 radical (unpaired) electrons. The monoisotopic (exact) mass is 277 g/mol. The molecule has 2 rings (SSSR count). The molecule has 2 aromatic rings. The Hall–Kier alpha value is -2.08. The van der Waals surface area contributed by atoms with Gasteiger partial charge in [0.15, 0.2) is 11.5 Å². The summed E-state index contributed by atoms with van der Waals surface area (Å²) in [5, 5.41) is 6.71. The van der Waals surface area contributed by atoms with Gasteiger partial charge in [-0.05, 0) is 25.0 Å². The summed E-state index contributed by atoms with van der Waals surface area (Å²) in [6.07, 6.45) is 3.05. The quantitative estimate of drug-likeness (QED) is 0.844. The molecule has 0 aliphatic heterocycles. The Labute approximate surface area is 117 Å². The van der Waals surface area contributed by atoms with Crippen molar-refractivity contribution >= 4 is 5.91 Å². The van der Waals surface area contributed by atoms with Crippen molar-refractivity contribution in [1.82, 2.24) is 10.5 Å². The summed E-state index contributed by atoms with van der Waals surface area (Å²) in [5.74, 6) is 0.667. The molecule has 108 valence electrons. The Morgan fingerprint density at radius 3 is 2.70 bits per heavy atom. The molecule has 2 heterocycles. The van der Waals surface area contributed by atoms with Gasteiger partial charge in [0.25, 0.3) is 5.91 Å². The second-order valence-corrected chi connectivity index (χ2v) is 4.70. The Morgan fingerprint density at radius 1 is 1.40 bits per heavy atom. The van der Waals surface area contributed by atoms with Crippen molar-refractivity contribution in [3.63, 3.8) is 0 Å². The highest BCUT2D eigenvalue weighted by Gasteiger charge is 2.28. The second-order valence-electron chi connectivity index (χ2n) is 4.70. The van der Waals surface area contributed by atoms with Crippen molar-refractivity contribution < 1.29 is 13.7 Å². The maximum absolute atomic E-state index is 12.2. The van der Waals surface area contributed by atoms with E-state index in [0.717, 1.165) is 12.8 Å². The molecule has 0 spiro atoms. The largest absolute Gasteiger partial charge is 0.461 e. The maximum atomic E-state index is 12.2. The van der Waals surface area contributed by atoms with Gasteiger partial charge in [-0.2, -0.15) is 0 Å². The van der Waals surface area contributed by atoms with Crippen molar-refractivity contribution in [3.8, 4) is 11.5 Å². The lowest BCUT2D eigenvalue weighted by molar-refractivity contribution is 0.0886. The van der Waals surface area contributed by atoms with E-state index < -0.39 is 5.54 Å². The van der Waals surface area contributed by atoms with Crippen molar-refractivity contribution in [3.05, 3.63) is 30.2 Å². The average molecular weight is 277 g/mol. The molecule has 6 heteroatoms. The molecule has 0 unspecified atom stereocenters. The van der Waals surface area contributed by atoms with E-state index in [1.807, 2.05) is 13.8 Å². The number of carbonyl (C=O) groups is 1. The fourth-order valence-electron chi connectivity index (χ4n) is 1.99. The van der Waals surface area contributed by atoms with Crippen LogP contribution in [0.3, 0.4) is 0 Å². The Balaban J connectivity index is 2.14. The third kappa shape index (κ3) is 2.75. The number of hydrogen-bond donors (Lipinski definition) is 2. The van der Waals surface area contributed by atoms with Crippen LogP contribution in [0.15, 0.2) is 33.4 Å². The lowest BCUT2D eigenvalue weighted by Gasteiger charge is -2.30. The van der Waals surface area contributed by atoms with E-state index in [1.54, 1.807) is 18.2 Å². The molecule has 0 aromatic carbocycles. The molecule has 2 aromatic heterocycles. The predicted octanol–water partition coefficient (Wildman–Crippen LogP) is 2.18. The minimum atomic E-state index is -0.402. The van der Waals surface area contributed by atoms with Gasteiger partial charge in [0, 0.05) is 12.6 Å². The molecule has 1 amide bonds. The van der Waals surface area contributed by atoms with Gasteiger partial charge in [-0.3, -0.25) is 4.79 Å². The third-order valence-electron chi connectivity index (χ3n) is 3.63. The van der Waals surface area contributed by atoms with E-state index >= 15 is 0 Å². The van der Waals surface area contributed by atoms with Crippen LogP contribution in [-0.4, -0.2) is 23.1 Å². The summed E-state index contributed by atoms with van der Waals surface area (Å²) in [7, 11) is 0. The van der Waals surface area contributed by atoms with Gasteiger partial charge in [0.1, 0.15) is 0 Å². The first kappa shape index (κ1) is 14.3. The summed E-state index contributed by atoms with van der Waals surface area (Å²) >= 11 is 0. The molecular weight excluding hydrogens is 258 g/mol. The van der Waals surface area contributed by atoms with Gasteiger partial charge >= 0.3 is 0 Å². The van der Waals surface area contributed by atoms with Crippen LogP contribution >= 0.6 is 0 Å². The number of nitrogens with two attached hydrogens (primary N) is 1. The van der Waals surface area contributed by atoms with E-state index in [-0.39, 0.29) is 11.6 Å². The number of furan rings is 1. The van der Waals surface area contributed by atoms with Gasteiger partial charge in [0.05, 0.1) is 11.8 Å². The average Bonchev–Trinajstić information content (AvgIpc) is 3.14. The summed E-state index contributed by atoms with van der Waals surface area (Å²) in [5.41, 5.74) is 5.58. The lowest BCUT2D eigenvalue weighted by atomic mass is 9.93. The van der Waals surface area contributed by atoms with Crippen LogP contribution in [0.25, 0.3) is 11.5 Å². The molecule has 0 saturated carbocycles. The van der Waals surface area contributed by atoms with Crippen LogP contribution in [0.4, 0.5) is 0 Å². The topological polar surface area (TPSA) is 94.3 Å². The number of amides is 1. The van der Waals surface area contributed by atoms with Crippen LogP contribution < -0.4 is 11.1 Å². The normalized spacial score (nSPS) is 11.6. The minimum absolute atomic E-state index is 0.219. The Bertz CT molecular complexity index is 548. The van der Waals surface area contributed by atoms with Crippen molar-refractivity contribution in [2.45, 2.75) is 32.2 Å². The molecule has 20 heavy (non-hydrogen) atoms. The Morgan fingerprint density at radius 2 is 2.15 bits per heavy atom. The number of nitrogens with zero attached hydrogens (tertiary/aromatic N) is 1. The van der Waals surface area contributed by atoms with Crippen molar-refractivity contribution in [2.24, 2.45) is 5.73 Å². The van der Waals surface area contributed by atoms with Crippen LogP contribution in [0.1, 0.15) is 37.2 Å². The molecule has 0 fully saturated rings. The van der Waals surface area contributed by atoms with E-state index in [4.69, 9.17) is 14.7 Å². The SMILES string of the molecule is CCC(CC)(CN)NC(=O)c1cc(-c2ccco2)on1. The molecule has 0 aliphatic rings. The van der Waals surface area contributed by atoms with Crippen LogP contribution in [0, 0.1) is 0 Å². The molecular formula is C14H19N3O3. The van der Waals surface area contributed by atoms with Gasteiger partial charge in [-0.25, -0.2) is 0 Å². The number of nitrogens with one attached hydrogen (secondary N) is 1. The minimum Gasteiger partial charge on any atom is -0.461 e. The summed E-state index contributed by atoms with van der Waals surface area (Å²) in [4.78, 5) is 12.2. The molecule has 6 nitrogen and oxygen atoms in total. The third-order valence-corrected chi connectivity index (χ3v) is 3.63. The zero-order chi connectivity index (χ0) is 14.6. The van der Waals surface area contributed by atoms with Crippen molar-refractivity contribution in [2.75, 3.05) is 6.54 Å². The Kier molecular flexibility index (Phi) is 4.24. The highest BCUT2D eigenvalue weighted by molar-refractivity contribution is 5.93. The first-order valence-corrected chi connectivity index (χ1v) is 6.67. The van der Waals surface area contributed by atoms with Gasteiger partial charge in [-0.1, -0.05) is 19.0 Å². The predicted molar refractivity (Wildman–Crippen MR) is 74.0 cm³/mol. The fourth-order valence-corrected chi connectivity index (χ4v) is 1.99. The number of aromatic nitrogens is 1. The van der Waals surface area contributed by atoms with E-state index in [0.29, 0.717) is 18.1 Å². The first-order chi connectivity index (χ1) is 9.64. The van der Waals surface area contributed by atoms with E-state index in [1.165, 1.54) is 6.26 Å². The highest BCUT2D eigenvalue weighted by atomic mass is 16.5. The van der Waals surface area contributed by atoms with Gasteiger partial charge in [0.2, 0.25) is 5.76 Å². The first-order valence-electron chi connectivity index (χ1n) is 6.67. The standard InChI is InChI=1S/C14H19N3O3/c1-3-14(4-2,9-15)16-13(18)10-8-12(20-17-10)11-6-5-7-19-11/h5-8H,3-4,9,15H2,1-2H3,(H,16,18). The molecule has 3 N–H and O–H groups in total. The molecule has 0 bridgehead atoms. The zero-order valence-corrected chi connectivity index (χ0v) is 11.7. The van der Waals surface area contributed by atoms with Crippen LogP contribution in [0.5, 0.6) is 0 Å². The van der Waals surface area contributed by atoms with Crippen molar-refractivity contribution in [1.29, 1.82) is 0 Å². The number of carbonyl (C=O) groups excluding carboxylic acids is 1.